The van der Waals surface area contributed by atoms with E-state index in [0.717, 1.165) is 32.0 Å². The molecule has 0 aliphatic carbocycles. The van der Waals surface area contributed by atoms with Gasteiger partial charge in [0.05, 0.1) is 6.61 Å². The largest absolute Gasteiger partial charge is 0.493 e. The van der Waals surface area contributed by atoms with Gasteiger partial charge in [0, 0.05) is 25.6 Å². The number of ether oxygens (including phenoxy) is 1. The lowest BCUT2D eigenvalue weighted by Gasteiger charge is -2.32. The van der Waals surface area contributed by atoms with Crippen LogP contribution in [-0.4, -0.2) is 37.7 Å². The Balaban J connectivity index is 1.79. The Morgan fingerprint density at radius 1 is 1.44 bits per heavy atom. The minimum atomic E-state index is 0.644. The van der Waals surface area contributed by atoms with Crippen LogP contribution in [0, 0.1) is 12.8 Å². The van der Waals surface area contributed by atoms with Crippen LogP contribution in [0.4, 0.5) is 0 Å². The molecule has 3 heteroatoms. The predicted octanol–water partition coefficient (Wildman–Crippen LogP) is 2.04. The zero-order chi connectivity index (χ0) is 12.8. The quantitative estimate of drug-likeness (QED) is 0.866. The molecule has 1 saturated heterocycles. The molecule has 0 spiro atoms. The van der Waals surface area contributed by atoms with Crippen molar-refractivity contribution in [3.8, 4) is 5.75 Å². The molecule has 0 aromatic heterocycles. The van der Waals surface area contributed by atoms with Gasteiger partial charge in [0.25, 0.3) is 0 Å². The molecule has 0 saturated carbocycles. The molecule has 100 valence electrons. The summed E-state index contributed by atoms with van der Waals surface area (Å²) in [6, 6.07) is 8.27. The van der Waals surface area contributed by atoms with E-state index in [9.17, 15) is 0 Å². The summed E-state index contributed by atoms with van der Waals surface area (Å²) in [6.07, 6.45) is 2.54. The van der Waals surface area contributed by atoms with Crippen LogP contribution in [0.2, 0.25) is 0 Å². The Morgan fingerprint density at radius 2 is 2.33 bits per heavy atom. The van der Waals surface area contributed by atoms with Crippen LogP contribution >= 0.6 is 0 Å². The highest BCUT2D eigenvalue weighted by molar-refractivity contribution is 5.27. The van der Waals surface area contributed by atoms with Gasteiger partial charge in [-0.1, -0.05) is 12.1 Å². The fourth-order valence-corrected chi connectivity index (χ4v) is 2.59. The van der Waals surface area contributed by atoms with Gasteiger partial charge < -0.3 is 15.4 Å². The highest BCUT2D eigenvalue weighted by Crippen LogP contribution is 2.19. The van der Waals surface area contributed by atoms with Gasteiger partial charge in [-0.3, -0.25) is 0 Å². The van der Waals surface area contributed by atoms with Gasteiger partial charge in [-0.25, -0.2) is 0 Å². The second-order valence-corrected chi connectivity index (χ2v) is 5.23. The molecule has 1 aromatic rings. The highest BCUT2D eigenvalue weighted by Gasteiger charge is 2.19. The van der Waals surface area contributed by atoms with Gasteiger partial charge in [0.1, 0.15) is 5.75 Å². The first kappa shape index (κ1) is 13.4. The first-order valence-corrected chi connectivity index (χ1v) is 6.90. The van der Waals surface area contributed by atoms with E-state index in [0.29, 0.717) is 5.92 Å². The fraction of sp³-hybridized carbons (Fsp3) is 0.600. The molecule has 2 rings (SSSR count). The van der Waals surface area contributed by atoms with Crippen LogP contribution in [0.25, 0.3) is 0 Å². The summed E-state index contributed by atoms with van der Waals surface area (Å²) >= 11 is 0. The Kier molecular flexibility index (Phi) is 5.02. The van der Waals surface area contributed by atoms with Crippen LogP contribution in [0.3, 0.4) is 0 Å². The zero-order valence-electron chi connectivity index (χ0n) is 11.3. The smallest absolute Gasteiger partial charge is 0.119 e. The molecule has 1 fully saturated rings. The van der Waals surface area contributed by atoms with Crippen LogP contribution < -0.4 is 10.5 Å². The number of aryl methyl sites for hydroxylation is 1. The minimum Gasteiger partial charge on any atom is -0.493 e. The van der Waals surface area contributed by atoms with E-state index in [1.807, 2.05) is 12.1 Å². The van der Waals surface area contributed by atoms with Gasteiger partial charge in [-0.15, -0.1) is 0 Å². The molecule has 3 nitrogen and oxygen atoms in total. The summed E-state index contributed by atoms with van der Waals surface area (Å²) in [6.45, 7) is 7.01. The lowest BCUT2D eigenvalue weighted by Crippen LogP contribution is -2.40. The Bertz CT molecular complexity index is 365. The predicted molar refractivity (Wildman–Crippen MR) is 74.9 cm³/mol. The lowest BCUT2D eigenvalue weighted by atomic mass is 9.99. The third kappa shape index (κ3) is 4.00. The summed E-state index contributed by atoms with van der Waals surface area (Å²) in [5.74, 6) is 1.64. The monoisotopic (exact) mass is 248 g/mol. The van der Waals surface area contributed by atoms with Gasteiger partial charge in [0.15, 0.2) is 0 Å². The highest BCUT2D eigenvalue weighted by atomic mass is 16.5. The summed E-state index contributed by atoms with van der Waals surface area (Å²) in [7, 11) is 0. The molecule has 0 amide bonds. The molecule has 1 atom stereocenters. The lowest BCUT2D eigenvalue weighted by molar-refractivity contribution is 0.133. The van der Waals surface area contributed by atoms with Crippen molar-refractivity contribution in [1.82, 2.24) is 4.90 Å². The molecular formula is C15H24N2O. The van der Waals surface area contributed by atoms with Crippen LogP contribution in [0.5, 0.6) is 5.75 Å². The number of piperidine rings is 1. The van der Waals surface area contributed by atoms with E-state index in [-0.39, 0.29) is 0 Å². The van der Waals surface area contributed by atoms with Crippen molar-refractivity contribution < 1.29 is 4.74 Å². The Morgan fingerprint density at radius 3 is 3.11 bits per heavy atom. The van der Waals surface area contributed by atoms with Crippen molar-refractivity contribution in [1.29, 1.82) is 0 Å². The normalized spacial score (nSPS) is 20.9. The van der Waals surface area contributed by atoms with Gasteiger partial charge >= 0.3 is 0 Å². The number of hydrogen-bond acceptors (Lipinski definition) is 3. The third-order valence-electron chi connectivity index (χ3n) is 3.52. The number of rotatable bonds is 5. The molecule has 1 heterocycles. The maximum atomic E-state index is 5.89. The fourth-order valence-electron chi connectivity index (χ4n) is 2.59. The summed E-state index contributed by atoms with van der Waals surface area (Å²) in [4.78, 5) is 2.45. The molecule has 0 radical (unpaired) electrons. The van der Waals surface area contributed by atoms with E-state index in [2.05, 4.69) is 24.0 Å². The second-order valence-electron chi connectivity index (χ2n) is 5.23. The van der Waals surface area contributed by atoms with Crippen molar-refractivity contribution in [2.24, 2.45) is 11.7 Å². The van der Waals surface area contributed by atoms with E-state index < -0.39 is 0 Å². The molecule has 1 aromatic carbocycles. The molecule has 2 N–H and O–H groups in total. The average molecular weight is 248 g/mol. The SMILES string of the molecule is Cc1cccc(OCC2CCCN(CCN)C2)c1. The molecule has 18 heavy (non-hydrogen) atoms. The van der Waals surface area contributed by atoms with E-state index in [1.165, 1.54) is 24.9 Å². The molecule has 1 aliphatic rings. The number of nitrogens with zero attached hydrogens (tertiary/aromatic N) is 1. The number of hydrogen-bond donors (Lipinski definition) is 1. The standard InChI is InChI=1S/C15H24N2O/c1-13-4-2-6-15(10-13)18-12-14-5-3-8-17(11-14)9-7-16/h2,4,6,10,14H,3,5,7-9,11-12,16H2,1H3. The molecular weight excluding hydrogens is 224 g/mol. The van der Waals surface area contributed by atoms with E-state index in [4.69, 9.17) is 10.5 Å². The summed E-state index contributed by atoms with van der Waals surface area (Å²) in [5, 5.41) is 0. The topological polar surface area (TPSA) is 38.5 Å². The Labute approximate surface area is 110 Å². The van der Waals surface area contributed by atoms with Crippen LogP contribution in [0.15, 0.2) is 24.3 Å². The maximum Gasteiger partial charge on any atom is 0.119 e. The number of likely N-dealkylation sites (tertiary alicyclic amines) is 1. The van der Waals surface area contributed by atoms with Gasteiger partial charge in [0.2, 0.25) is 0 Å². The Hall–Kier alpha value is -1.06. The van der Waals surface area contributed by atoms with Crippen molar-refractivity contribution in [2.75, 3.05) is 32.8 Å². The first-order valence-electron chi connectivity index (χ1n) is 6.90. The first-order chi connectivity index (χ1) is 8.78. The third-order valence-corrected chi connectivity index (χ3v) is 3.52. The van der Waals surface area contributed by atoms with Crippen LogP contribution in [-0.2, 0) is 0 Å². The molecule has 0 bridgehead atoms. The maximum absolute atomic E-state index is 5.89. The van der Waals surface area contributed by atoms with E-state index >= 15 is 0 Å². The molecule has 1 unspecified atom stereocenters. The van der Waals surface area contributed by atoms with Crippen molar-refractivity contribution in [2.45, 2.75) is 19.8 Å². The van der Waals surface area contributed by atoms with Gasteiger partial charge in [-0.05, 0) is 44.0 Å². The van der Waals surface area contributed by atoms with Crippen molar-refractivity contribution >= 4 is 0 Å². The number of benzene rings is 1. The zero-order valence-corrected chi connectivity index (χ0v) is 11.3. The minimum absolute atomic E-state index is 0.644. The second kappa shape index (κ2) is 6.76. The van der Waals surface area contributed by atoms with Crippen LogP contribution in [0.1, 0.15) is 18.4 Å². The van der Waals surface area contributed by atoms with Crippen molar-refractivity contribution in [3.63, 3.8) is 0 Å². The average Bonchev–Trinajstić information content (AvgIpc) is 2.37. The van der Waals surface area contributed by atoms with Gasteiger partial charge in [-0.2, -0.15) is 0 Å². The summed E-state index contributed by atoms with van der Waals surface area (Å²) in [5.41, 5.74) is 6.86. The van der Waals surface area contributed by atoms with Crippen molar-refractivity contribution in [3.05, 3.63) is 29.8 Å². The number of nitrogens with two attached hydrogens (primary N) is 1. The summed E-state index contributed by atoms with van der Waals surface area (Å²) < 4.78 is 5.89. The van der Waals surface area contributed by atoms with E-state index in [1.54, 1.807) is 0 Å². The molecule has 1 aliphatic heterocycles.